The maximum atomic E-state index is 11.8. The predicted molar refractivity (Wildman–Crippen MR) is 80.0 cm³/mol. The molecule has 1 aromatic heterocycles. The number of thioether (sulfide) groups is 1. The normalized spacial score (nSPS) is 10.5. The summed E-state index contributed by atoms with van der Waals surface area (Å²) in [7, 11) is 1.73. The van der Waals surface area contributed by atoms with Gasteiger partial charge in [-0.15, -0.1) is 5.10 Å². The van der Waals surface area contributed by atoms with Gasteiger partial charge in [0.05, 0.1) is 5.75 Å². The van der Waals surface area contributed by atoms with Gasteiger partial charge in [0.15, 0.2) is 0 Å². The molecule has 0 fully saturated rings. The van der Waals surface area contributed by atoms with Gasteiger partial charge in [0.1, 0.15) is 0 Å². The number of amides is 1. The van der Waals surface area contributed by atoms with E-state index in [9.17, 15) is 4.79 Å². The molecular formula is C10H9Br2N5OS. The number of tetrazole rings is 1. The third kappa shape index (κ3) is 4.02. The molecule has 0 bridgehead atoms. The van der Waals surface area contributed by atoms with Crippen LogP contribution in [-0.4, -0.2) is 31.9 Å². The second-order valence-electron chi connectivity index (χ2n) is 3.55. The molecule has 9 heteroatoms. The topological polar surface area (TPSA) is 72.7 Å². The molecule has 0 saturated heterocycles. The Kier molecular flexibility index (Phi) is 4.94. The Bertz CT molecular complexity index is 603. The lowest BCUT2D eigenvalue weighted by Gasteiger charge is -2.05. The molecule has 0 saturated carbocycles. The first-order valence-corrected chi connectivity index (χ1v) is 7.73. The fourth-order valence-corrected chi connectivity index (χ4v) is 2.52. The van der Waals surface area contributed by atoms with Crippen molar-refractivity contribution in [2.45, 2.75) is 5.16 Å². The van der Waals surface area contributed by atoms with E-state index in [0.29, 0.717) is 5.16 Å². The Morgan fingerprint density at radius 3 is 2.84 bits per heavy atom. The second kappa shape index (κ2) is 6.49. The van der Waals surface area contributed by atoms with Crippen LogP contribution in [0.3, 0.4) is 0 Å². The molecule has 2 aromatic rings. The highest BCUT2D eigenvalue weighted by Gasteiger charge is 2.08. The third-order valence-corrected chi connectivity index (χ3v) is 5.01. The van der Waals surface area contributed by atoms with E-state index in [4.69, 9.17) is 0 Å². The zero-order valence-corrected chi connectivity index (χ0v) is 13.8. The minimum atomic E-state index is -0.109. The molecule has 1 aromatic carbocycles. The standard InChI is InChI=1S/C10H9Br2N5OS/c1-17-10(14-15-16-17)19-5-9(18)13-6-2-3-7(11)8(12)4-6/h2-4H,5H2,1H3,(H,13,18). The highest BCUT2D eigenvalue weighted by Crippen LogP contribution is 2.26. The van der Waals surface area contributed by atoms with Crippen LogP contribution in [0.1, 0.15) is 0 Å². The van der Waals surface area contributed by atoms with E-state index in [2.05, 4.69) is 52.7 Å². The Labute approximate surface area is 130 Å². The number of aromatic nitrogens is 4. The number of halogens is 2. The number of anilines is 1. The molecule has 0 aliphatic heterocycles. The number of aryl methyl sites for hydroxylation is 1. The first-order chi connectivity index (χ1) is 9.06. The van der Waals surface area contributed by atoms with Gasteiger partial charge in [-0.1, -0.05) is 11.8 Å². The van der Waals surface area contributed by atoms with Crippen molar-refractivity contribution in [3.63, 3.8) is 0 Å². The Hall–Kier alpha value is -0.930. The van der Waals surface area contributed by atoms with Crippen LogP contribution < -0.4 is 5.32 Å². The maximum absolute atomic E-state index is 11.8. The quantitative estimate of drug-likeness (QED) is 0.789. The molecule has 100 valence electrons. The van der Waals surface area contributed by atoms with Crippen LogP contribution in [-0.2, 0) is 11.8 Å². The Morgan fingerprint density at radius 2 is 2.21 bits per heavy atom. The van der Waals surface area contributed by atoms with Gasteiger partial charge in [0.25, 0.3) is 0 Å². The Morgan fingerprint density at radius 1 is 1.42 bits per heavy atom. The largest absolute Gasteiger partial charge is 0.325 e. The highest BCUT2D eigenvalue weighted by atomic mass is 79.9. The zero-order valence-electron chi connectivity index (χ0n) is 9.80. The van der Waals surface area contributed by atoms with Crippen molar-refractivity contribution in [1.82, 2.24) is 20.2 Å². The second-order valence-corrected chi connectivity index (χ2v) is 6.20. The lowest BCUT2D eigenvalue weighted by Crippen LogP contribution is -2.14. The van der Waals surface area contributed by atoms with Gasteiger partial charge in [0, 0.05) is 21.7 Å². The minimum absolute atomic E-state index is 0.109. The molecule has 2 rings (SSSR count). The van der Waals surface area contributed by atoms with Gasteiger partial charge >= 0.3 is 0 Å². The van der Waals surface area contributed by atoms with Gasteiger partial charge in [-0.25, -0.2) is 4.68 Å². The summed E-state index contributed by atoms with van der Waals surface area (Å²) in [5.74, 6) is 0.143. The van der Waals surface area contributed by atoms with E-state index >= 15 is 0 Å². The van der Waals surface area contributed by atoms with E-state index in [1.165, 1.54) is 16.4 Å². The first kappa shape index (κ1) is 14.5. The summed E-state index contributed by atoms with van der Waals surface area (Å²) in [5, 5.41) is 14.4. The number of hydrogen-bond donors (Lipinski definition) is 1. The van der Waals surface area contributed by atoms with Crippen LogP contribution in [0, 0.1) is 0 Å². The number of benzene rings is 1. The number of nitrogens with zero attached hydrogens (tertiary/aromatic N) is 4. The molecule has 0 atom stereocenters. The lowest BCUT2D eigenvalue weighted by molar-refractivity contribution is -0.113. The average Bonchev–Trinajstić information content (AvgIpc) is 2.77. The number of nitrogens with one attached hydrogen (secondary N) is 1. The molecule has 19 heavy (non-hydrogen) atoms. The van der Waals surface area contributed by atoms with Gasteiger partial charge in [-0.3, -0.25) is 4.79 Å². The van der Waals surface area contributed by atoms with Crippen molar-refractivity contribution in [3.8, 4) is 0 Å². The number of carbonyl (C=O) groups is 1. The van der Waals surface area contributed by atoms with Gasteiger partial charge in [-0.2, -0.15) is 0 Å². The summed E-state index contributed by atoms with van der Waals surface area (Å²) in [6, 6.07) is 5.51. The van der Waals surface area contributed by atoms with E-state index in [1.807, 2.05) is 18.2 Å². The fourth-order valence-electron chi connectivity index (χ4n) is 1.24. The zero-order chi connectivity index (χ0) is 13.8. The number of rotatable bonds is 4. The van der Waals surface area contributed by atoms with Crippen LogP contribution in [0.15, 0.2) is 32.3 Å². The average molecular weight is 407 g/mol. The molecule has 1 heterocycles. The van der Waals surface area contributed by atoms with Crippen molar-refractivity contribution in [2.24, 2.45) is 7.05 Å². The molecule has 1 N–H and O–H groups in total. The van der Waals surface area contributed by atoms with E-state index < -0.39 is 0 Å². The molecule has 0 aliphatic carbocycles. The van der Waals surface area contributed by atoms with E-state index in [1.54, 1.807) is 7.05 Å². The Balaban J connectivity index is 1.91. The number of carbonyl (C=O) groups excluding carboxylic acids is 1. The molecule has 6 nitrogen and oxygen atoms in total. The summed E-state index contributed by atoms with van der Waals surface area (Å²) >= 11 is 8.04. The summed E-state index contributed by atoms with van der Waals surface area (Å²) in [6.07, 6.45) is 0. The van der Waals surface area contributed by atoms with E-state index in [-0.39, 0.29) is 11.7 Å². The smallest absolute Gasteiger partial charge is 0.234 e. The third-order valence-electron chi connectivity index (χ3n) is 2.12. The van der Waals surface area contributed by atoms with Crippen molar-refractivity contribution in [3.05, 3.63) is 27.1 Å². The van der Waals surface area contributed by atoms with Crippen LogP contribution in [0.25, 0.3) is 0 Å². The van der Waals surface area contributed by atoms with Gasteiger partial charge in [-0.05, 0) is 60.5 Å². The minimum Gasteiger partial charge on any atom is -0.325 e. The maximum Gasteiger partial charge on any atom is 0.234 e. The predicted octanol–water partition coefficient (Wildman–Crippen LogP) is 2.47. The molecule has 0 aliphatic rings. The monoisotopic (exact) mass is 405 g/mol. The summed E-state index contributed by atoms with van der Waals surface area (Å²) in [4.78, 5) is 11.8. The molecule has 0 spiro atoms. The van der Waals surface area contributed by atoms with E-state index in [0.717, 1.165) is 14.6 Å². The van der Waals surface area contributed by atoms with Crippen molar-refractivity contribution < 1.29 is 4.79 Å². The molecule has 0 radical (unpaired) electrons. The lowest BCUT2D eigenvalue weighted by atomic mass is 10.3. The highest BCUT2D eigenvalue weighted by molar-refractivity contribution is 9.13. The van der Waals surface area contributed by atoms with Crippen LogP contribution >= 0.6 is 43.6 Å². The van der Waals surface area contributed by atoms with Crippen molar-refractivity contribution >= 4 is 55.2 Å². The SMILES string of the molecule is Cn1nnnc1SCC(=O)Nc1ccc(Br)c(Br)c1. The summed E-state index contributed by atoms with van der Waals surface area (Å²) in [5.41, 5.74) is 0.733. The number of hydrogen-bond acceptors (Lipinski definition) is 5. The summed E-state index contributed by atoms with van der Waals surface area (Å²) in [6.45, 7) is 0. The molecule has 0 unspecified atom stereocenters. The van der Waals surface area contributed by atoms with Gasteiger partial charge in [0.2, 0.25) is 11.1 Å². The van der Waals surface area contributed by atoms with Crippen LogP contribution in [0.5, 0.6) is 0 Å². The summed E-state index contributed by atoms with van der Waals surface area (Å²) < 4.78 is 3.34. The van der Waals surface area contributed by atoms with Crippen molar-refractivity contribution in [2.75, 3.05) is 11.1 Å². The van der Waals surface area contributed by atoms with Crippen molar-refractivity contribution in [1.29, 1.82) is 0 Å². The van der Waals surface area contributed by atoms with Gasteiger partial charge < -0.3 is 5.32 Å². The molecule has 1 amide bonds. The first-order valence-electron chi connectivity index (χ1n) is 5.16. The molecular weight excluding hydrogens is 398 g/mol. The van der Waals surface area contributed by atoms with Crippen LogP contribution in [0.4, 0.5) is 5.69 Å². The van der Waals surface area contributed by atoms with Crippen LogP contribution in [0.2, 0.25) is 0 Å². The fraction of sp³-hybridized carbons (Fsp3) is 0.200.